The molecular formula is C14H19F3N2OS. The predicted octanol–water partition coefficient (Wildman–Crippen LogP) is 3.39. The van der Waals surface area contributed by atoms with Crippen LogP contribution in [-0.4, -0.2) is 36.0 Å². The average Bonchev–Trinajstić information content (AvgIpc) is 2.42. The van der Waals surface area contributed by atoms with E-state index in [0.29, 0.717) is 0 Å². The van der Waals surface area contributed by atoms with E-state index in [2.05, 4.69) is 5.32 Å². The van der Waals surface area contributed by atoms with E-state index < -0.39 is 17.5 Å². The minimum Gasteiger partial charge on any atom is -0.336 e. The largest absolute Gasteiger partial charge is 0.336 e. The van der Waals surface area contributed by atoms with Gasteiger partial charge in [-0.05, 0) is 43.0 Å². The van der Waals surface area contributed by atoms with Crippen molar-refractivity contribution in [1.29, 1.82) is 0 Å². The zero-order valence-electron chi connectivity index (χ0n) is 12.3. The zero-order chi connectivity index (χ0) is 16.0. The molecule has 1 aromatic rings. The summed E-state index contributed by atoms with van der Waals surface area (Å²) in [5.41, 5.74) is 0.195. The number of carbonyl (C=O) groups excluding carboxylic acids is 1. The molecule has 0 aromatic heterocycles. The number of hydrogen-bond donors (Lipinski definition) is 1. The van der Waals surface area contributed by atoms with E-state index in [4.69, 9.17) is 0 Å². The second-order valence-corrected chi connectivity index (χ2v) is 5.85. The standard InChI is InChI=1S/C14H19F3N2OS/c1-9(4-5-21-3)18-14(20)19(2)8-10-6-11(15)13(17)12(16)7-10/h6-7,9H,4-5,8H2,1-3H3,(H,18,20)/t9-/m0/s1. The van der Waals surface area contributed by atoms with E-state index in [1.165, 1.54) is 11.9 Å². The number of urea groups is 1. The van der Waals surface area contributed by atoms with E-state index in [9.17, 15) is 18.0 Å². The Morgan fingerprint density at radius 1 is 1.33 bits per heavy atom. The first-order valence-corrected chi connectivity index (χ1v) is 7.88. The summed E-state index contributed by atoms with van der Waals surface area (Å²) < 4.78 is 39.1. The molecule has 21 heavy (non-hydrogen) atoms. The number of nitrogens with zero attached hydrogens (tertiary/aromatic N) is 1. The molecule has 0 aliphatic carbocycles. The Morgan fingerprint density at radius 2 is 1.90 bits per heavy atom. The van der Waals surface area contributed by atoms with Gasteiger partial charge in [0.2, 0.25) is 0 Å². The highest BCUT2D eigenvalue weighted by Crippen LogP contribution is 2.15. The summed E-state index contributed by atoms with van der Waals surface area (Å²) in [5.74, 6) is -3.09. The molecule has 7 heteroatoms. The number of halogens is 3. The van der Waals surface area contributed by atoms with Gasteiger partial charge in [-0.2, -0.15) is 11.8 Å². The van der Waals surface area contributed by atoms with E-state index in [0.717, 1.165) is 24.3 Å². The Bertz CT molecular complexity index is 476. The van der Waals surface area contributed by atoms with Gasteiger partial charge < -0.3 is 10.2 Å². The lowest BCUT2D eigenvalue weighted by Crippen LogP contribution is -2.41. The Balaban J connectivity index is 2.60. The third kappa shape index (κ3) is 5.49. The molecular weight excluding hydrogens is 301 g/mol. The first-order valence-electron chi connectivity index (χ1n) is 6.49. The number of amides is 2. The van der Waals surface area contributed by atoms with Crippen molar-refractivity contribution in [2.75, 3.05) is 19.1 Å². The molecule has 118 valence electrons. The molecule has 0 saturated heterocycles. The summed E-state index contributed by atoms with van der Waals surface area (Å²) >= 11 is 1.69. The highest BCUT2D eigenvalue weighted by atomic mass is 32.2. The van der Waals surface area contributed by atoms with Gasteiger partial charge in [0.05, 0.1) is 0 Å². The van der Waals surface area contributed by atoms with E-state index in [-0.39, 0.29) is 24.2 Å². The van der Waals surface area contributed by atoms with Crippen molar-refractivity contribution < 1.29 is 18.0 Å². The van der Waals surface area contributed by atoms with Crippen LogP contribution in [0.1, 0.15) is 18.9 Å². The van der Waals surface area contributed by atoms with Crippen LogP contribution in [0.3, 0.4) is 0 Å². The Morgan fingerprint density at radius 3 is 2.43 bits per heavy atom. The smallest absolute Gasteiger partial charge is 0.317 e. The van der Waals surface area contributed by atoms with Crippen LogP contribution in [-0.2, 0) is 6.54 Å². The van der Waals surface area contributed by atoms with Crippen LogP contribution in [0.4, 0.5) is 18.0 Å². The number of rotatable bonds is 6. The summed E-state index contributed by atoms with van der Waals surface area (Å²) in [6.45, 7) is 1.88. The van der Waals surface area contributed by atoms with Crippen LogP contribution < -0.4 is 5.32 Å². The highest BCUT2D eigenvalue weighted by molar-refractivity contribution is 7.98. The molecule has 1 atom stereocenters. The average molecular weight is 320 g/mol. The second kappa shape index (κ2) is 8.17. The van der Waals surface area contributed by atoms with Crippen molar-refractivity contribution in [2.24, 2.45) is 0 Å². The topological polar surface area (TPSA) is 32.3 Å². The number of benzene rings is 1. The SMILES string of the molecule is CSCC[C@H](C)NC(=O)N(C)Cc1cc(F)c(F)c(F)c1. The summed E-state index contributed by atoms with van der Waals surface area (Å²) in [5, 5.41) is 2.79. The van der Waals surface area contributed by atoms with Gasteiger partial charge in [0.15, 0.2) is 17.5 Å². The normalized spacial score (nSPS) is 12.1. The summed E-state index contributed by atoms with van der Waals surface area (Å²) in [4.78, 5) is 13.2. The molecule has 0 spiro atoms. The van der Waals surface area contributed by atoms with Gasteiger partial charge >= 0.3 is 6.03 Å². The highest BCUT2D eigenvalue weighted by Gasteiger charge is 2.15. The van der Waals surface area contributed by atoms with Crippen LogP contribution in [0, 0.1) is 17.5 Å². The van der Waals surface area contributed by atoms with Crippen molar-refractivity contribution in [3.05, 3.63) is 35.1 Å². The lowest BCUT2D eigenvalue weighted by Gasteiger charge is -2.21. The van der Waals surface area contributed by atoms with Crippen molar-refractivity contribution in [3.8, 4) is 0 Å². The molecule has 0 radical (unpaired) electrons. The maximum atomic E-state index is 13.1. The maximum absolute atomic E-state index is 13.1. The van der Waals surface area contributed by atoms with Gasteiger partial charge in [-0.25, -0.2) is 18.0 Å². The summed E-state index contributed by atoms with van der Waals surface area (Å²) in [7, 11) is 1.51. The predicted molar refractivity (Wildman–Crippen MR) is 78.8 cm³/mol. The molecule has 0 fully saturated rings. The van der Waals surface area contributed by atoms with E-state index in [1.54, 1.807) is 11.8 Å². The van der Waals surface area contributed by atoms with Gasteiger partial charge in [-0.1, -0.05) is 0 Å². The van der Waals surface area contributed by atoms with Crippen molar-refractivity contribution in [2.45, 2.75) is 25.9 Å². The second-order valence-electron chi connectivity index (χ2n) is 4.86. The molecule has 0 aliphatic heterocycles. The van der Waals surface area contributed by atoms with Gasteiger partial charge in [0, 0.05) is 19.6 Å². The van der Waals surface area contributed by atoms with Gasteiger partial charge in [-0.3, -0.25) is 0 Å². The Kier molecular flexibility index (Phi) is 6.87. The van der Waals surface area contributed by atoms with Crippen LogP contribution in [0.5, 0.6) is 0 Å². The Labute approximate surface area is 126 Å². The fourth-order valence-corrected chi connectivity index (χ4v) is 2.32. The van der Waals surface area contributed by atoms with E-state index in [1.807, 2.05) is 13.2 Å². The lowest BCUT2D eigenvalue weighted by atomic mass is 10.2. The molecule has 0 aliphatic rings. The fourth-order valence-electron chi connectivity index (χ4n) is 1.73. The van der Waals surface area contributed by atoms with Crippen molar-refractivity contribution in [1.82, 2.24) is 10.2 Å². The molecule has 0 bridgehead atoms. The monoisotopic (exact) mass is 320 g/mol. The van der Waals surface area contributed by atoms with Crippen LogP contribution in [0.15, 0.2) is 12.1 Å². The van der Waals surface area contributed by atoms with Crippen LogP contribution >= 0.6 is 11.8 Å². The van der Waals surface area contributed by atoms with E-state index >= 15 is 0 Å². The number of thioether (sulfide) groups is 1. The van der Waals surface area contributed by atoms with Gasteiger partial charge in [-0.15, -0.1) is 0 Å². The maximum Gasteiger partial charge on any atom is 0.317 e. The summed E-state index contributed by atoms with van der Waals surface area (Å²) in [6, 6.07) is 1.45. The minimum absolute atomic E-state index is 0.00476. The van der Waals surface area contributed by atoms with Crippen molar-refractivity contribution >= 4 is 17.8 Å². The first kappa shape index (κ1) is 17.7. The molecule has 2 amide bonds. The van der Waals surface area contributed by atoms with Crippen molar-refractivity contribution in [3.63, 3.8) is 0 Å². The van der Waals surface area contributed by atoms with Crippen LogP contribution in [0.25, 0.3) is 0 Å². The lowest BCUT2D eigenvalue weighted by molar-refractivity contribution is 0.203. The third-order valence-corrected chi connectivity index (χ3v) is 3.58. The Hall–Kier alpha value is -1.37. The fraction of sp³-hybridized carbons (Fsp3) is 0.500. The van der Waals surface area contributed by atoms with Gasteiger partial charge in [0.1, 0.15) is 0 Å². The molecule has 1 aromatic carbocycles. The molecule has 0 heterocycles. The zero-order valence-corrected chi connectivity index (χ0v) is 13.1. The minimum atomic E-state index is -1.50. The first-order chi connectivity index (χ1) is 9.85. The van der Waals surface area contributed by atoms with Gasteiger partial charge in [0.25, 0.3) is 0 Å². The molecule has 0 saturated carbocycles. The number of nitrogens with one attached hydrogen (secondary N) is 1. The molecule has 1 N–H and O–H groups in total. The number of carbonyl (C=O) groups is 1. The quantitative estimate of drug-likeness (QED) is 0.815. The third-order valence-electron chi connectivity index (χ3n) is 2.93. The molecule has 3 nitrogen and oxygen atoms in total. The molecule has 1 rings (SSSR count). The summed E-state index contributed by atoms with van der Waals surface area (Å²) in [6.07, 6.45) is 2.82. The van der Waals surface area contributed by atoms with Crippen LogP contribution in [0.2, 0.25) is 0 Å². The molecule has 0 unspecified atom stereocenters. The number of hydrogen-bond acceptors (Lipinski definition) is 2.